The summed E-state index contributed by atoms with van der Waals surface area (Å²) < 4.78 is 5.35. The Kier molecular flexibility index (Phi) is 8.12. The van der Waals surface area contributed by atoms with Crippen LogP contribution in [0.1, 0.15) is 19.4 Å². The Bertz CT molecular complexity index is 474. The van der Waals surface area contributed by atoms with Crippen LogP contribution in [0.4, 0.5) is 0 Å². The van der Waals surface area contributed by atoms with Crippen molar-refractivity contribution in [1.82, 2.24) is 4.90 Å². The number of hydrogen-bond donors (Lipinski definition) is 2. The number of thiol groups is 1. The van der Waals surface area contributed by atoms with Gasteiger partial charge in [-0.2, -0.15) is 12.6 Å². The third-order valence-electron chi connectivity index (χ3n) is 3.06. The molecule has 4 nitrogen and oxygen atoms in total. The second-order valence-electron chi connectivity index (χ2n) is 4.55. The van der Waals surface area contributed by atoms with Gasteiger partial charge in [-0.1, -0.05) is 30.3 Å². The van der Waals surface area contributed by atoms with E-state index in [9.17, 15) is 9.90 Å². The summed E-state index contributed by atoms with van der Waals surface area (Å²) in [7, 11) is 0. The fourth-order valence-electron chi connectivity index (χ4n) is 2.05. The predicted octanol–water partition coefficient (Wildman–Crippen LogP) is 2.20. The Morgan fingerprint density at radius 2 is 2.00 bits per heavy atom. The number of aliphatic hydroxyl groups is 1. The van der Waals surface area contributed by atoms with Gasteiger partial charge in [-0.3, -0.25) is 4.79 Å². The third kappa shape index (κ3) is 5.19. The van der Waals surface area contributed by atoms with E-state index in [0.717, 1.165) is 16.8 Å². The van der Waals surface area contributed by atoms with E-state index in [1.54, 1.807) is 4.90 Å². The van der Waals surface area contributed by atoms with E-state index in [1.165, 1.54) is 0 Å². The molecule has 5 heteroatoms. The summed E-state index contributed by atoms with van der Waals surface area (Å²) in [4.78, 5) is 13.9. The van der Waals surface area contributed by atoms with Crippen molar-refractivity contribution in [3.05, 3.63) is 41.5 Å². The SMILES string of the molecule is CCOCCN(C(=O)CS)/C(=C(/C)CO)c1ccccc1. The Morgan fingerprint density at radius 3 is 2.52 bits per heavy atom. The molecule has 0 unspecified atom stereocenters. The molecule has 1 aromatic rings. The molecule has 0 atom stereocenters. The topological polar surface area (TPSA) is 49.8 Å². The highest BCUT2D eigenvalue weighted by molar-refractivity contribution is 7.81. The first-order chi connectivity index (χ1) is 10.2. The number of carbonyl (C=O) groups excluding carboxylic acids is 1. The summed E-state index contributed by atoms with van der Waals surface area (Å²) in [5.41, 5.74) is 2.38. The highest BCUT2D eigenvalue weighted by atomic mass is 32.1. The zero-order valence-corrected chi connectivity index (χ0v) is 13.5. The van der Waals surface area contributed by atoms with E-state index in [2.05, 4.69) is 12.6 Å². The van der Waals surface area contributed by atoms with E-state index in [4.69, 9.17) is 4.74 Å². The van der Waals surface area contributed by atoms with Gasteiger partial charge in [0.15, 0.2) is 0 Å². The molecule has 21 heavy (non-hydrogen) atoms. The zero-order chi connectivity index (χ0) is 15.7. The number of rotatable bonds is 8. The lowest BCUT2D eigenvalue weighted by atomic mass is 10.1. The third-order valence-corrected chi connectivity index (χ3v) is 3.33. The normalized spacial score (nSPS) is 12.0. The average Bonchev–Trinajstić information content (AvgIpc) is 2.53. The Hall–Kier alpha value is -1.30. The maximum Gasteiger partial charge on any atom is 0.236 e. The first kappa shape index (κ1) is 17.8. The minimum absolute atomic E-state index is 0.102. The minimum atomic E-state index is -0.107. The van der Waals surface area contributed by atoms with E-state index in [0.29, 0.717) is 19.8 Å². The van der Waals surface area contributed by atoms with Crippen molar-refractivity contribution < 1.29 is 14.6 Å². The van der Waals surface area contributed by atoms with Crippen molar-refractivity contribution in [3.63, 3.8) is 0 Å². The standard InChI is InChI=1S/C16H23NO3S/c1-3-20-10-9-17(15(19)12-21)16(13(2)11-18)14-7-5-4-6-8-14/h4-8,18,21H,3,9-12H2,1-2H3/b16-13-. The van der Waals surface area contributed by atoms with Crippen LogP contribution in [0.2, 0.25) is 0 Å². The number of nitrogens with zero attached hydrogens (tertiary/aromatic N) is 1. The maximum absolute atomic E-state index is 12.2. The summed E-state index contributed by atoms with van der Waals surface area (Å²) >= 11 is 4.09. The van der Waals surface area contributed by atoms with Gasteiger partial charge in [0.2, 0.25) is 5.91 Å². The summed E-state index contributed by atoms with van der Waals surface area (Å²) in [6.07, 6.45) is 0. The van der Waals surface area contributed by atoms with Gasteiger partial charge in [0.25, 0.3) is 0 Å². The largest absolute Gasteiger partial charge is 0.392 e. The van der Waals surface area contributed by atoms with Crippen LogP contribution >= 0.6 is 12.6 Å². The van der Waals surface area contributed by atoms with Gasteiger partial charge in [-0.15, -0.1) is 0 Å². The Labute approximate surface area is 131 Å². The van der Waals surface area contributed by atoms with E-state index in [-0.39, 0.29) is 18.3 Å². The highest BCUT2D eigenvalue weighted by Gasteiger charge is 2.20. The maximum atomic E-state index is 12.2. The summed E-state index contributed by atoms with van der Waals surface area (Å²) in [6.45, 7) is 5.13. The van der Waals surface area contributed by atoms with Crippen LogP contribution in [-0.2, 0) is 9.53 Å². The molecular weight excluding hydrogens is 286 g/mol. The van der Waals surface area contributed by atoms with Crippen LogP contribution in [-0.4, -0.2) is 48.0 Å². The van der Waals surface area contributed by atoms with E-state index >= 15 is 0 Å². The van der Waals surface area contributed by atoms with Crippen molar-refractivity contribution >= 4 is 24.2 Å². The second-order valence-corrected chi connectivity index (χ2v) is 4.87. The Morgan fingerprint density at radius 1 is 1.33 bits per heavy atom. The van der Waals surface area contributed by atoms with Crippen LogP contribution in [0, 0.1) is 0 Å². The first-order valence-corrected chi connectivity index (χ1v) is 7.63. The summed E-state index contributed by atoms with van der Waals surface area (Å²) in [6, 6.07) is 9.58. The molecule has 0 spiro atoms. The summed E-state index contributed by atoms with van der Waals surface area (Å²) in [5.74, 6) is 0.00550. The number of carbonyl (C=O) groups is 1. The van der Waals surface area contributed by atoms with Crippen LogP contribution in [0.3, 0.4) is 0 Å². The molecule has 0 aromatic heterocycles. The fraction of sp³-hybridized carbons (Fsp3) is 0.438. The van der Waals surface area contributed by atoms with Gasteiger partial charge in [0.05, 0.1) is 24.7 Å². The number of ether oxygens (including phenoxy) is 1. The van der Waals surface area contributed by atoms with Crippen molar-refractivity contribution in [3.8, 4) is 0 Å². The van der Waals surface area contributed by atoms with E-state index in [1.807, 2.05) is 44.2 Å². The molecule has 0 heterocycles. The molecule has 0 radical (unpaired) electrons. The number of amides is 1. The molecule has 0 aliphatic rings. The van der Waals surface area contributed by atoms with Gasteiger partial charge < -0.3 is 14.7 Å². The molecule has 0 fully saturated rings. The second kappa shape index (κ2) is 9.60. The lowest BCUT2D eigenvalue weighted by molar-refractivity contribution is -0.125. The lowest BCUT2D eigenvalue weighted by Crippen LogP contribution is -2.34. The molecule has 0 aliphatic carbocycles. The molecular formula is C16H23NO3S. The molecule has 1 N–H and O–H groups in total. The molecule has 0 aliphatic heterocycles. The zero-order valence-electron chi connectivity index (χ0n) is 12.6. The molecule has 0 saturated heterocycles. The minimum Gasteiger partial charge on any atom is -0.392 e. The predicted molar refractivity (Wildman–Crippen MR) is 88.2 cm³/mol. The van der Waals surface area contributed by atoms with E-state index < -0.39 is 0 Å². The smallest absolute Gasteiger partial charge is 0.236 e. The van der Waals surface area contributed by atoms with Crippen molar-refractivity contribution in [2.24, 2.45) is 0 Å². The van der Waals surface area contributed by atoms with Gasteiger partial charge in [0, 0.05) is 13.2 Å². The number of aliphatic hydroxyl groups excluding tert-OH is 1. The first-order valence-electron chi connectivity index (χ1n) is 7.00. The lowest BCUT2D eigenvalue weighted by Gasteiger charge is -2.27. The van der Waals surface area contributed by atoms with Crippen molar-refractivity contribution in [1.29, 1.82) is 0 Å². The molecule has 0 bridgehead atoms. The van der Waals surface area contributed by atoms with Crippen LogP contribution in [0.25, 0.3) is 5.70 Å². The summed E-state index contributed by atoms with van der Waals surface area (Å²) in [5, 5.41) is 9.50. The molecule has 1 aromatic carbocycles. The monoisotopic (exact) mass is 309 g/mol. The highest BCUT2D eigenvalue weighted by Crippen LogP contribution is 2.23. The molecule has 0 saturated carbocycles. The molecule has 1 rings (SSSR count). The van der Waals surface area contributed by atoms with Gasteiger partial charge in [-0.05, 0) is 25.0 Å². The molecule has 1 amide bonds. The van der Waals surface area contributed by atoms with Crippen molar-refractivity contribution in [2.45, 2.75) is 13.8 Å². The van der Waals surface area contributed by atoms with Crippen LogP contribution in [0.15, 0.2) is 35.9 Å². The van der Waals surface area contributed by atoms with Gasteiger partial charge in [-0.25, -0.2) is 0 Å². The fourth-order valence-corrected chi connectivity index (χ4v) is 2.22. The van der Waals surface area contributed by atoms with Crippen LogP contribution in [0.5, 0.6) is 0 Å². The van der Waals surface area contributed by atoms with Crippen molar-refractivity contribution in [2.75, 3.05) is 32.1 Å². The van der Waals surface area contributed by atoms with Gasteiger partial charge >= 0.3 is 0 Å². The van der Waals surface area contributed by atoms with Crippen LogP contribution < -0.4 is 0 Å². The molecule has 116 valence electrons. The average molecular weight is 309 g/mol. The number of hydrogen-bond acceptors (Lipinski definition) is 4. The number of benzene rings is 1. The Balaban J connectivity index is 3.16. The quantitative estimate of drug-likeness (QED) is 0.572. The van der Waals surface area contributed by atoms with Gasteiger partial charge in [0.1, 0.15) is 0 Å².